The van der Waals surface area contributed by atoms with Gasteiger partial charge in [0.2, 0.25) is 5.91 Å². The van der Waals surface area contributed by atoms with Gasteiger partial charge in [-0.15, -0.1) is 0 Å². The Morgan fingerprint density at radius 2 is 1.84 bits per heavy atom. The van der Waals surface area contributed by atoms with E-state index >= 15 is 0 Å². The number of carbonyl (C=O) groups is 2. The summed E-state index contributed by atoms with van der Waals surface area (Å²) in [6.45, 7) is 8.55. The van der Waals surface area contributed by atoms with Crippen LogP contribution in [0.3, 0.4) is 0 Å². The molecule has 0 aromatic heterocycles. The summed E-state index contributed by atoms with van der Waals surface area (Å²) >= 11 is 0. The van der Waals surface area contributed by atoms with Crippen molar-refractivity contribution in [2.24, 2.45) is 5.92 Å². The molecule has 5 nitrogen and oxygen atoms in total. The highest BCUT2D eigenvalue weighted by atomic mass is 16.6. The molecule has 1 heterocycles. The van der Waals surface area contributed by atoms with Crippen LogP contribution in [0.1, 0.15) is 52.5 Å². The lowest BCUT2D eigenvalue weighted by molar-refractivity contribution is -0.124. The number of nitrogens with zero attached hydrogens (tertiary/aromatic N) is 2. The summed E-state index contributed by atoms with van der Waals surface area (Å²) < 4.78 is 5.58. The molecule has 0 N–H and O–H groups in total. The highest BCUT2D eigenvalue weighted by Gasteiger charge is 2.36. The van der Waals surface area contributed by atoms with Crippen molar-refractivity contribution < 1.29 is 14.3 Å². The fourth-order valence-corrected chi connectivity index (χ4v) is 3.36. The zero-order valence-electron chi connectivity index (χ0n) is 15.6. The van der Waals surface area contributed by atoms with Gasteiger partial charge in [-0.2, -0.15) is 0 Å². The van der Waals surface area contributed by atoms with Crippen LogP contribution in [0.5, 0.6) is 0 Å². The minimum Gasteiger partial charge on any atom is -0.444 e. The third-order valence-corrected chi connectivity index (χ3v) is 4.95. The first-order chi connectivity index (χ1) is 11.8. The number of carbonyl (C=O) groups excluding carboxylic acids is 2. The van der Waals surface area contributed by atoms with Crippen LogP contribution in [0.2, 0.25) is 0 Å². The third kappa shape index (κ3) is 3.80. The van der Waals surface area contributed by atoms with Gasteiger partial charge in [-0.3, -0.25) is 9.69 Å². The predicted octanol–water partition coefficient (Wildman–Crippen LogP) is 3.96. The summed E-state index contributed by atoms with van der Waals surface area (Å²) in [6.07, 6.45) is 2.75. The lowest BCUT2D eigenvalue weighted by Crippen LogP contribution is -2.47. The van der Waals surface area contributed by atoms with Crippen LogP contribution in [0, 0.1) is 5.92 Å². The van der Waals surface area contributed by atoms with E-state index in [1.807, 2.05) is 56.9 Å². The lowest BCUT2D eigenvalue weighted by atomic mass is 9.84. The SMILES string of the molecule is C[C@H]1CN(C(=O)C2CCC2)c2ccccc2CN1C(=O)OC(C)(C)C. The molecule has 0 spiro atoms. The Kier molecular flexibility index (Phi) is 4.76. The van der Waals surface area contributed by atoms with E-state index in [0.717, 1.165) is 30.5 Å². The van der Waals surface area contributed by atoms with Crippen LogP contribution in [-0.2, 0) is 16.1 Å². The molecule has 2 amide bonds. The summed E-state index contributed by atoms with van der Waals surface area (Å²) in [5.74, 6) is 0.324. The molecule has 25 heavy (non-hydrogen) atoms. The van der Waals surface area contributed by atoms with E-state index in [0.29, 0.717) is 13.1 Å². The van der Waals surface area contributed by atoms with E-state index < -0.39 is 5.60 Å². The minimum absolute atomic E-state index is 0.105. The van der Waals surface area contributed by atoms with E-state index in [9.17, 15) is 9.59 Å². The molecule has 1 aliphatic carbocycles. The maximum atomic E-state index is 12.9. The van der Waals surface area contributed by atoms with Crippen molar-refractivity contribution in [1.82, 2.24) is 4.90 Å². The van der Waals surface area contributed by atoms with E-state index in [-0.39, 0.29) is 24.0 Å². The molecule has 1 aliphatic heterocycles. The molecule has 0 radical (unpaired) electrons. The Hall–Kier alpha value is -2.04. The maximum absolute atomic E-state index is 12.9. The van der Waals surface area contributed by atoms with Crippen LogP contribution < -0.4 is 4.90 Å². The largest absolute Gasteiger partial charge is 0.444 e. The Bertz CT molecular complexity index is 661. The van der Waals surface area contributed by atoms with Crippen LogP contribution in [0.15, 0.2) is 24.3 Å². The fraction of sp³-hybridized carbons (Fsp3) is 0.600. The summed E-state index contributed by atoms with van der Waals surface area (Å²) in [5, 5.41) is 0. The second kappa shape index (κ2) is 6.70. The average Bonchev–Trinajstić information content (AvgIpc) is 2.61. The normalized spacial score (nSPS) is 21.2. The third-order valence-electron chi connectivity index (χ3n) is 4.95. The average molecular weight is 344 g/mol. The minimum atomic E-state index is -0.538. The van der Waals surface area contributed by atoms with Crippen molar-refractivity contribution >= 4 is 17.7 Å². The number of benzene rings is 1. The highest BCUT2D eigenvalue weighted by molar-refractivity contribution is 5.96. The molecule has 1 saturated carbocycles. The number of fused-ring (bicyclic) bond motifs is 1. The molecule has 1 fully saturated rings. The number of ether oxygens (including phenoxy) is 1. The van der Waals surface area contributed by atoms with Gasteiger partial charge in [0.1, 0.15) is 5.60 Å². The number of rotatable bonds is 1. The topological polar surface area (TPSA) is 49.9 Å². The Balaban J connectivity index is 1.89. The second-order valence-corrected chi connectivity index (χ2v) is 8.16. The smallest absolute Gasteiger partial charge is 0.410 e. The Labute approximate surface area is 149 Å². The molecular weight excluding hydrogens is 316 g/mol. The quantitative estimate of drug-likeness (QED) is 0.775. The summed E-state index contributed by atoms with van der Waals surface area (Å²) in [4.78, 5) is 29.2. The van der Waals surface area contributed by atoms with Crippen LogP contribution in [-0.4, -0.2) is 35.1 Å². The number of amides is 2. The molecule has 0 saturated heterocycles. The van der Waals surface area contributed by atoms with Crippen LogP contribution >= 0.6 is 0 Å². The highest BCUT2D eigenvalue weighted by Crippen LogP contribution is 2.34. The van der Waals surface area contributed by atoms with E-state index in [1.54, 1.807) is 4.90 Å². The summed E-state index contributed by atoms with van der Waals surface area (Å²) in [7, 11) is 0. The predicted molar refractivity (Wildman–Crippen MR) is 97.4 cm³/mol. The van der Waals surface area contributed by atoms with Crippen molar-refractivity contribution in [1.29, 1.82) is 0 Å². The molecule has 136 valence electrons. The van der Waals surface area contributed by atoms with Gasteiger partial charge in [0.15, 0.2) is 0 Å². The molecule has 1 aromatic rings. The van der Waals surface area contributed by atoms with E-state index in [4.69, 9.17) is 4.74 Å². The van der Waals surface area contributed by atoms with Crippen LogP contribution in [0.4, 0.5) is 10.5 Å². The van der Waals surface area contributed by atoms with Gasteiger partial charge in [-0.05, 0) is 52.2 Å². The van der Waals surface area contributed by atoms with Gasteiger partial charge in [0, 0.05) is 18.2 Å². The molecule has 0 bridgehead atoms. The first-order valence-corrected chi connectivity index (χ1v) is 9.15. The van der Waals surface area contributed by atoms with Gasteiger partial charge in [-0.1, -0.05) is 24.6 Å². The molecular formula is C20H28N2O3. The monoisotopic (exact) mass is 344 g/mol. The van der Waals surface area contributed by atoms with Gasteiger partial charge in [0.25, 0.3) is 0 Å². The number of para-hydroxylation sites is 1. The van der Waals surface area contributed by atoms with Crippen molar-refractivity contribution in [2.75, 3.05) is 11.4 Å². The lowest BCUT2D eigenvalue weighted by Gasteiger charge is -2.34. The number of hydrogen-bond acceptors (Lipinski definition) is 3. The number of hydrogen-bond donors (Lipinski definition) is 0. The molecule has 1 aromatic carbocycles. The second-order valence-electron chi connectivity index (χ2n) is 8.16. The maximum Gasteiger partial charge on any atom is 0.410 e. The zero-order chi connectivity index (χ0) is 18.2. The van der Waals surface area contributed by atoms with E-state index in [2.05, 4.69) is 0 Å². The van der Waals surface area contributed by atoms with Crippen molar-refractivity contribution in [2.45, 2.75) is 65.1 Å². The molecule has 0 unspecified atom stereocenters. The standard InChI is InChI=1S/C20H28N2O3/c1-14-12-22(18(23)15-9-7-10-15)17-11-6-5-8-16(17)13-21(14)19(24)25-20(2,3)4/h5-6,8,11,14-15H,7,9-10,12-13H2,1-4H3/t14-/m0/s1. The Morgan fingerprint density at radius 1 is 1.16 bits per heavy atom. The van der Waals surface area contributed by atoms with Gasteiger partial charge in [0.05, 0.1) is 12.6 Å². The summed E-state index contributed by atoms with van der Waals surface area (Å²) in [6, 6.07) is 7.77. The van der Waals surface area contributed by atoms with Crippen molar-refractivity contribution in [3.63, 3.8) is 0 Å². The van der Waals surface area contributed by atoms with Gasteiger partial charge in [-0.25, -0.2) is 4.79 Å². The first-order valence-electron chi connectivity index (χ1n) is 9.15. The molecule has 5 heteroatoms. The molecule has 2 aliphatic rings. The van der Waals surface area contributed by atoms with E-state index in [1.165, 1.54) is 0 Å². The summed E-state index contributed by atoms with van der Waals surface area (Å²) in [5.41, 5.74) is 1.38. The first kappa shape index (κ1) is 17.8. The fourth-order valence-electron chi connectivity index (χ4n) is 3.36. The Morgan fingerprint density at radius 3 is 2.44 bits per heavy atom. The van der Waals surface area contributed by atoms with Crippen molar-refractivity contribution in [3.05, 3.63) is 29.8 Å². The van der Waals surface area contributed by atoms with Crippen LogP contribution in [0.25, 0.3) is 0 Å². The van der Waals surface area contributed by atoms with Crippen molar-refractivity contribution in [3.8, 4) is 0 Å². The molecule has 3 rings (SSSR count). The zero-order valence-corrected chi connectivity index (χ0v) is 15.6. The van der Waals surface area contributed by atoms with Gasteiger partial charge >= 0.3 is 6.09 Å². The molecule has 1 atom stereocenters. The number of anilines is 1. The van der Waals surface area contributed by atoms with Gasteiger partial charge < -0.3 is 9.64 Å².